The van der Waals surface area contributed by atoms with Crippen LogP contribution in [0.15, 0.2) is 18.2 Å². The molecule has 1 aromatic rings. The molecule has 1 unspecified atom stereocenters. The number of ether oxygens (including phenoxy) is 2. The zero-order valence-electron chi connectivity index (χ0n) is 12.0. The Morgan fingerprint density at radius 2 is 2.00 bits per heavy atom. The van der Waals surface area contributed by atoms with Gasteiger partial charge in [0, 0.05) is 18.2 Å². The average Bonchev–Trinajstić information content (AvgIpc) is 2.39. The van der Waals surface area contributed by atoms with Gasteiger partial charge in [0.05, 0.1) is 14.2 Å². The third-order valence-corrected chi connectivity index (χ3v) is 3.08. The van der Waals surface area contributed by atoms with E-state index in [1.54, 1.807) is 14.2 Å². The molecule has 0 bridgehead atoms. The molecule has 1 rings (SSSR count). The van der Waals surface area contributed by atoms with Gasteiger partial charge < -0.3 is 14.8 Å². The van der Waals surface area contributed by atoms with Crippen molar-refractivity contribution in [2.75, 3.05) is 20.8 Å². The van der Waals surface area contributed by atoms with Crippen molar-refractivity contribution in [2.45, 2.75) is 33.2 Å². The minimum Gasteiger partial charge on any atom is -0.497 e. The zero-order chi connectivity index (χ0) is 13.4. The van der Waals surface area contributed by atoms with Crippen LogP contribution in [0.1, 0.15) is 32.3 Å². The minimum absolute atomic E-state index is 0.722. The van der Waals surface area contributed by atoms with Crippen molar-refractivity contribution in [3.63, 3.8) is 0 Å². The average molecular weight is 251 g/mol. The Labute approximate surface area is 110 Å². The molecule has 0 aliphatic rings. The first-order chi connectivity index (χ1) is 8.71. The lowest BCUT2D eigenvalue weighted by Crippen LogP contribution is -2.20. The molecule has 0 spiro atoms. The van der Waals surface area contributed by atoms with E-state index in [4.69, 9.17) is 9.47 Å². The van der Waals surface area contributed by atoms with Crippen LogP contribution < -0.4 is 14.8 Å². The second kappa shape index (κ2) is 7.98. The van der Waals surface area contributed by atoms with Crippen LogP contribution in [0.5, 0.6) is 11.5 Å². The summed E-state index contributed by atoms with van der Waals surface area (Å²) in [6.07, 6.45) is 2.52. The summed E-state index contributed by atoms with van der Waals surface area (Å²) in [7, 11) is 3.36. The predicted octanol–water partition coefficient (Wildman–Crippen LogP) is 3.23. The van der Waals surface area contributed by atoms with E-state index in [1.165, 1.54) is 18.4 Å². The Bertz CT molecular complexity index is 352. The number of nitrogens with one attached hydrogen (secondary N) is 1. The monoisotopic (exact) mass is 251 g/mol. The van der Waals surface area contributed by atoms with E-state index in [0.717, 1.165) is 30.5 Å². The highest BCUT2D eigenvalue weighted by atomic mass is 16.5. The van der Waals surface area contributed by atoms with Crippen LogP contribution in [0.3, 0.4) is 0 Å². The Balaban J connectivity index is 2.51. The second-order valence-corrected chi connectivity index (χ2v) is 4.70. The topological polar surface area (TPSA) is 30.5 Å². The molecule has 0 saturated heterocycles. The van der Waals surface area contributed by atoms with Crippen LogP contribution in [-0.2, 0) is 6.54 Å². The van der Waals surface area contributed by atoms with E-state index >= 15 is 0 Å². The largest absolute Gasteiger partial charge is 0.497 e. The van der Waals surface area contributed by atoms with Gasteiger partial charge >= 0.3 is 0 Å². The molecule has 1 aromatic carbocycles. The van der Waals surface area contributed by atoms with Gasteiger partial charge in [-0.2, -0.15) is 0 Å². The fraction of sp³-hybridized carbons (Fsp3) is 0.600. The predicted molar refractivity (Wildman–Crippen MR) is 75.3 cm³/mol. The highest BCUT2D eigenvalue weighted by Gasteiger charge is 2.05. The third-order valence-electron chi connectivity index (χ3n) is 3.08. The van der Waals surface area contributed by atoms with Crippen molar-refractivity contribution in [3.05, 3.63) is 23.8 Å². The second-order valence-electron chi connectivity index (χ2n) is 4.70. The van der Waals surface area contributed by atoms with Gasteiger partial charge in [0.15, 0.2) is 0 Å². The van der Waals surface area contributed by atoms with Gasteiger partial charge in [-0.25, -0.2) is 0 Å². The molecule has 18 heavy (non-hydrogen) atoms. The first kappa shape index (κ1) is 14.8. The Hall–Kier alpha value is -1.22. The summed E-state index contributed by atoms with van der Waals surface area (Å²) >= 11 is 0. The minimum atomic E-state index is 0.722. The maximum Gasteiger partial charge on any atom is 0.127 e. The lowest BCUT2D eigenvalue weighted by atomic mass is 10.1. The number of hydrogen-bond donors (Lipinski definition) is 1. The Kier molecular flexibility index (Phi) is 6.58. The standard InChI is InChI=1S/C15H25NO2/c1-5-6-12(2)10-16-11-13-7-8-14(17-3)9-15(13)18-4/h7-9,12,16H,5-6,10-11H2,1-4H3. The van der Waals surface area contributed by atoms with Gasteiger partial charge in [-0.05, 0) is 24.9 Å². The van der Waals surface area contributed by atoms with Gasteiger partial charge in [-0.15, -0.1) is 0 Å². The molecule has 0 fully saturated rings. The van der Waals surface area contributed by atoms with Crippen LogP contribution in [0.25, 0.3) is 0 Å². The van der Waals surface area contributed by atoms with Gasteiger partial charge in [-0.3, -0.25) is 0 Å². The van der Waals surface area contributed by atoms with Gasteiger partial charge in [0.1, 0.15) is 11.5 Å². The van der Waals surface area contributed by atoms with Crippen molar-refractivity contribution < 1.29 is 9.47 Å². The summed E-state index contributed by atoms with van der Waals surface area (Å²) < 4.78 is 10.6. The van der Waals surface area contributed by atoms with E-state index in [-0.39, 0.29) is 0 Å². The van der Waals surface area contributed by atoms with Gasteiger partial charge in [-0.1, -0.05) is 26.3 Å². The third kappa shape index (κ3) is 4.57. The molecule has 102 valence electrons. The first-order valence-electron chi connectivity index (χ1n) is 6.62. The van der Waals surface area contributed by atoms with Crippen molar-refractivity contribution in [3.8, 4) is 11.5 Å². The highest BCUT2D eigenvalue weighted by molar-refractivity contribution is 5.40. The summed E-state index contributed by atoms with van der Waals surface area (Å²) in [6.45, 7) is 6.38. The van der Waals surface area contributed by atoms with Crippen molar-refractivity contribution in [1.82, 2.24) is 5.32 Å². The molecule has 1 N–H and O–H groups in total. The van der Waals surface area contributed by atoms with Crippen molar-refractivity contribution in [2.24, 2.45) is 5.92 Å². The first-order valence-corrected chi connectivity index (χ1v) is 6.62. The summed E-state index contributed by atoms with van der Waals surface area (Å²) in [5.41, 5.74) is 1.17. The van der Waals surface area contributed by atoms with E-state index in [2.05, 4.69) is 25.2 Å². The molecule has 0 aromatic heterocycles. The quantitative estimate of drug-likeness (QED) is 0.769. The smallest absolute Gasteiger partial charge is 0.127 e. The summed E-state index contributed by atoms with van der Waals surface area (Å²) in [4.78, 5) is 0. The van der Waals surface area contributed by atoms with Crippen LogP contribution in [0.4, 0.5) is 0 Å². The van der Waals surface area contributed by atoms with Crippen LogP contribution in [0.2, 0.25) is 0 Å². The molecular weight excluding hydrogens is 226 g/mol. The molecule has 0 aliphatic carbocycles. The number of benzene rings is 1. The number of rotatable bonds is 8. The summed E-state index contributed by atoms with van der Waals surface area (Å²) in [6, 6.07) is 5.94. The molecule has 3 heteroatoms. The van der Waals surface area contributed by atoms with Gasteiger partial charge in [0.2, 0.25) is 0 Å². The fourth-order valence-corrected chi connectivity index (χ4v) is 2.05. The molecule has 0 radical (unpaired) electrons. The van der Waals surface area contributed by atoms with E-state index < -0.39 is 0 Å². The highest BCUT2D eigenvalue weighted by Crippen LogP contribution is 2.24. The molecule has 0 aliphatic heterocycles. The Morgan fingerprint density at radius 1 is 1.22 bits per heavy atom. The molecule has 0 saturated carbocycles. The molecule has 0 heterocycles. The maximum absolute atomic E-state index is 5.37. The molecular formula is C15H25NO2. The number of hydrogen-bond acceptors (Lipinski definition) is 3. The molecule has 3 nitrogen and oxygen atoms in total. The lowest BCUT2D eigenvalue weighted by Gasteiger charge is -2.14. The van der Waals surface area contributed by atoms with E-state index in [1.807, 2.05) is 12.1 Å². The number of methoxy groups -OCH3 is 2. The van der Waals surface area contributed by atoms with Gasteiger partial charge in [0.25, 0.3) is 0 Å². The summed E-state index contributed by atoms with van der Waals surface area (Å²) in [5, 5.41) is 3.48. The van der Waals surface area contributed by atoms with E-state index in [9.17, 15) is 0 Å². The lowest BCUT2D eigenvalue weighted by molar-refractivity contribution is 0.388. The van der Waals surface area contributed by atoms with Crippen molar-refractivity contribution in [1.29, 1.82) is 0 Å². The fourth-order valence-electron chi connectivity index (χ4n) is 2.05. The van der Waals surface area contributed by atoms with E-state index in [0.29, 0.717) is 0 Å². The van der Waals surface area contributed by atoms with Crippen LogP contribution >= 0.6 is 0 Å². The molecule has 1 atom stereocenters. The molecule has 0 amide bonds. The summed E-state index contributed by atoms with van der Waals surface area (Å²) in [5.74, 6) is 2.43. The van der Waals surface area contributed by atoms with Crippen molar-refractivity contribution >= 4 is 0 Å². The van der Waals surface area contributed by atoms with Crippen LogP contribution in [-0.4, -0.2) is 20.8 Å². The SMILES string of the molecule is CCCC(C)CNCc1ccc(OC)cc1OC. The Morgan fingerprint density at radius 3 is 2.61 bits per heavy atom. The normalized spacial score (nSPS) is 12.2. The maximum atomic E-state index is 5.37. The van der Waals surface area contributed by atoms with Crippen LogP contribution in [0, 0.1) is 5.92 Å². The zero-order valence-corrected chi connectivity index (χ0v) is 12.0.